The van der Waals surface area contributed by atoms with Crippen molar-refractivity contribution in [1.29, 1.82) is 0 Å². The second kappa shape index (κ2) is 3.32. The van der Waals surface area contributed by atoms with E-state index in [1.807, 2.05) is 17.9 Å². The van der Waals surface area contributed by atoms with Gasteiger partial charge in [0.15, 0.2) is 0 Å². The highest BCUT2D eigenvalue weighted by atomic mass is 79.9. The van der Waals surface area contributed by atoms with Crippen LogP contribution in [0.4, 0.5) is 0 Å². The van der Waals surface area contributed by atoms with Crippen LogP contribution in [-0.2, 0) is 12.6 Å². The lowest BCUT2D eigenvalue weighted by Gasteiger charge is -2.30. The van der Waals surface area contributed by atoms with Crippen LogP contribution >= 0.6 is 15.9 Å². The van der Waals surface area contributed by atoms with Gasteiger partial charge in [0.25, 0.3) is 0 Å². The van der Waals surface area contributed by atoms with Crippen molar-refractivity contribution in [3.05, 3.63) is 16.4 Å². The van der Waals surface area contributed by atoms with Gasteiger partial charge in [-0.25, -0.2) is 0 Å². The first-order valence-electron chi connectivity index (χ1n) is 5.67. The standard InChI is InChI=1S/C11H16BrN3/c1-15-10(9(12)7-14-15)11(8-3-4-8)5-2-6-13-11/h7-8,13H,2-6H2,1H3. The molecular weight excluding hydrogens is 254 g/mol. The summed E-state index contributed by atoms with van der Waals surface area (Å²) < 4.78 is 3.19. The van der Waals surface area contributed by atoms with E-state index >= 15 is 0 Å². The predicted molar refractivity (Wildman–Crippen MR) is 62.5 cm³/mol. The summed E-state index contributed by atoms with van der Waals surface area (Å²) >= 11 is 3.64. The molecule has 1 aromatic heterocycles. The molecule has 0 spiro atoms. The molecule has 2 fully saturated rings. The van der Waals surface area contributed by atoms with E-state index < -0.39 is 0 Å². The minimum Gasteiger partial charge on any atom is -0.306 e. The topological polar surface area (TPSA) is 29.9 Å². The lowest BCUT2D eigenvalue weighted by Crippen LogP contribution is -2.41. The number of hydrogen-bond acceptors (Lipinski definition) is 2. The van der Waals surface area contributed by atoms with E-state index in [9.17, 15) is 0 Å². The first kappa shape index (κ1) is 9.85. The Morgan fingerprint density at radius 1 is 1.60 bits per heavy atom. The van der Waals surface area contributed by atoms with E-state index in [2.05, 4.69) is 26.3 Å². The third kappa shape index (κ3) is 1.38. The van der Waals surface area contributed by atoms with Gasteiger partial charge < -0.3 is 5.32 Å². The highest BCUT2D eigenvalue weighted by Gasteiger charge is 2.50. The van der Waals surface area contributed by atoms with E-state index in [4.69, 9.17) is 0 Å². The van der Waals surface area contributed by atoms with Crippen molar-refractivity contribution < 1.29 is 0 Å². The predicted octanol–water partition coefficient (Wildman–Crippen LogP) is 2.17. The van der Waals surface area contributed by atoms with Crippen LogP contribution in [0, 0.1) is 5.92 Å². The largest absolute Gasteiger partial charge is 0.306 e. The third-order valence-electron chi connectivity index (χ3n) is 3.78. The summed E-state index contributed by atoms with van der Waals surface area (Å²) in [4.78, 5) is 0. The Morgan fingerprint density at radius 3 is 2.87 bits per heavy atom. The van der Waals surface area contributed by atoms with Crippen LogP contribution in [0.3, 0.4) is 0 Å². The average Bonchev–Trinajstić information content (AvgIpc) is 2.88. The van der Waals surface area contributed by atoms with E-state index in [-0.39, 0.29) is 5.54 Å². The zero-order chi connectivity index (χ0) is 10.5. The maximum Gasteiger partial charge on any atom is 0.0726 e. The molecule has 0 aromatic carbocycles. The molecule has 2 heterocycles. The molecule has 82 valence electrons. The Labute approximate surface area is 98.4 Å². The van der Waals surface area contributed by atoms with Crippen LogP contribution in [0.1, 0.15) is 31.4 Å². The van der Waals surface area contributed by atoms with Gasteiger partial charge in [0.1, 0.15) is 0 Å². The number of rotatable bonds is 2. The summed E-state index contributed by atoms with van der Waals surface area (Å²) in [7, 11) is 2.05. The molecule has 1 unspecified atom stereocenters. The SMILES string of the molecule is Cn1ncc(Br)c1C1(C2CC2)CCCN1. The minimum absolute atomic E-state index is 0.212. The molecule has 1 aromatic rings. The molecule has 4 heteroatoms. The van der Waals surface area contributed by atoms with Gasteiger partial charge in [-0.3, -0.25) is 4.68 Å². The average molecular weight is 270 g/mol. The molecule has 0 amide bonds. The van der Waals surface area contributed by atoms with Crippen LogP contribution < -0.4 is 5.32 Å². The highest BCUT2D eigenvalue weighted by Crippen LogP contribution is 2.51. The van der Waals surface area contributed by atoms with Crippen molar-refractivity contribution in [2.45, 2.75) is 31.2 Å². The number of nitrogens with one attached hydrogen (secondary N) is 1. The molecule has 1 saturated heterocycles. The molecule has 15 heavy (non-hydrogen) atoms. The van der Waals surface area contributed by atoms with E-state index in [0.717, 1.165) is 16.9 Å². The summed E-state index contributed by atoms with van der Waals surface area (Å²) in [5, 5.41) is 8.07. The van der Waals surface area contributed by atoms with Gasteiger partial charge in [-0.05, 0) is 54.1 Å². The molecule has 0 radical (unpaired) electrons. The van der Waals surface area contributed by atoms with Gasteiger partial charge in [0, 0.05) is 7.05 Å². The first-order valence-corrected chi connectivity index (χ1v) is 6.46. The smallest absolute Gasteiger partial charge is 0.0726 e. The summed E-state index contributed by atoms with van der Waals surface area (Å²) in [5.74, 6) is 0.826. The van der Waals surface area contributed by atoms with Crippen molar-refractivity contribution in [1.82, 2.24) is 15.1 Å². The van der Waals surface area contributed by atoms with Gasteiger partial charge in [-0.2, -0.15) is 5.10 Å². The Bertz CT molecular complexity index is 356. The fourth-order valence-electron chi connectivity index (χ4n) is 3.00. The highest BCUT2D eigenvalue weighted by molar-refractivity contribution is 9.10. The van der Waals surface area contributed by atoms with Crippen LogP contribution in [0.5, 0.6) is 0 Å². The first-order chi connectivity index (χ1) is 7.24. The molecule has 2 aliphatic rings. The van der Waals surface area contributed by atoms with Crippen molar-refractivity contribution in [3.63, 3.8) is 0 Å². The fourth-order valence-corrected chi connectivity index (χ4v) is 3.70. The van der Waals surface area contributed by atoms with Crippen LogP contribution in [0.2, 0.25) is 0 Å². The van der Waals surface area contributed by atoms with E-state index in [1.54, 1.807) is 0 Å². The Morgan fingerprint density at radius 2 is 2.40 bits per heavy atom. The molecule has 3 nitrogen and oxygen atoms in total. The maximum absolute atomic E-state index is 4.35. The third-order valence-corrected chi connectivity index (χ3v) is 4.36. The number of hydrogen-bond donors (Lipinski definition) is 1. The zero-order valence-corrected chi connectivity index (χ0v) is 10.5. The van der Waals surface area contributed by atoms with Gasteiger partial charge in [-0.1, -0.05) is 0 Å². The van der Waals surface area contributed by atoms with Crippen molar-refractivity contribution >= 4 is 15.9 Å². The molecule has 1 atom stereocenters. The van der Waals surface area contributed by atoms with E-state index in [0.29, 0.717) is 0 Å². The number of aromatic nitrogens is 2. The Kier molecular flexibility index (Phi) is 2.18. The summed E-state index contributed by atoms with van der Waals surface area (Å²) in [6.45, 7) is 1.15. The summed E-state index contributed by atoms with van der Waals surface area (Å²) in [6.07, 6.45) is 7.19. The molecule has 3 rings (SSSR count). The van der Waals surface area contributed by atoms with Crippen LogP contribution in [-0.4, -0.2) is 16.3 Å². The van der Waals surface area contributed by atoms with Gasteiger partial charge in [0.2, 0.25) is 0 Å². The number of aryl methyl sites for hydroxylation is 1. The fraction of sp³-hybridized carbons (Fsp3) is 0.727. The lowest BCUT2D eigenvalue weighted by atomic mass is 9.87. The van der Waals surface area contributed by atoms with Crippen LogP contribution in [0.15, 0.2) is 10.7 Å². The quantitative estimate of drug-likeness (QED) is 0.892. The summed E-state index contributed by atoms with van der Waals surface area (Å²) in [6, 6.07) is 0. The molecule has 0 bridgehead atoms. The van der Waals surface area contributed by atoms with E-state index in [1.165, 1.54) is 31.4 Å². The second-order valence-corrected chi connectivity index (χ2v) is 5.60. The normalized spacial score (nSPS) is 31.1. The molecule has 1 aliphatic heterocycles. The van der Waals surface area contributed by atoms with Gasteiger partial charge in [0.05, 0.1) is 21.9 Å². The van der Waals surface area contributed by atoms with Gasteiger partial charge >= 0.3 is 0 Å². The molecular formula is C11H16BrN3. The Hall–Kier alpha value is -0.350. The minimum atomic E-state index is 0.212. The Balaban J connectivity index is 2.08. The summed E-state index contributed by atoms with van der Waals surface area (Å²) in [5.41, 5.74) is 1.56. The van der Waals surface area contributed by atoms with Crippen LogP contribution in [0.25, 0.3) is 0 Å². The molecule has 1 N–H and O–H groups in total. The molecule has 1 aliphatic carbocycles. The maximum atomic E-state index is 4.35. The van der Waals surface area contributed by atoms with Crippen molar-refractivity contribution in [3.8, 4) is 0 Å². The van der Waals surface area contributed by atoms with Crippen molar-refractivity contribution in [2.75, 3.05) is 6.54 Å². The lowest BCUT2D eigenvalue weighted by molar-refractivity contribution is 0.311. The second-order valence-electron chi connectivity index (χ2n) is 4.74. The zero-order valence-electron chi connectivity index (χ0n) is 8.96. The number of nitrogens with zero attached hydrogens (tertiary/aromatic N) is 2. The van der Waals surface area contributed by atoms with Crippen molar-refractivity contribution in [2.24, 2.45) is 13.0 Å². The molecule has 1 saturated carbocycles. The number of halogens is 1. The monoisotopic (exact) mass is 269 g/mol. The van der Waals surface area contributed by atoms with Gasteiger partial charge in [-0.15, -0.1) is 0 Å².